The van der Waals surface area contributed by atoms with Crippen LogP contribution in [-0.4, -0.2) is 35.3 Å². The second-order valence-electron chi connectivity index (χ2n) is 5.75. The number of hydrogen-bond acceptors (Lipinski definition) is 6. The van der Waals surface area contributed by atoms with Crippen LogP contribution in [0.5, 0.6) is 0 Å². The van der Waals surface area contributed by atoms with Gasteiger partial charge in [0, 0.05) is 35.9 Å². The van der Waals surface area contributed by atoms with E-state index < -0.39 is 0 Å². The van der Waals surface area contributed by atoms with Crippen LogP contribution >= 0.6 is 11.3 Å². The second-order valence-corrected chi connectivity index (χ2v) is 6.61. The van der Waals surface area contributed by atoms with Crippen molar-refractivity contribution in [1.29, 1.82) is 0 Å². The first-order valence-corrected chi connectivity index (χ1v) is 8.47. The van der Waals surface area contributed by atoms with Gasteiger partial charge in [-0.3, -0.25) is 19.2 Å². The van der Waals surface area contributed by atoms with Crippen LogP contribution in [-0.2, 0) is 7.05 Å². The molecule has 1 N–H and O–H groups in total. The lowest BCUT2D eigenvalue weighted by atomic mass is 10.1. The van der Waals surface area contributed by atoms with E-state index in [0.717, 1.165) is 22.5 Å². The second kappa shape index (κ2) is 5.78. The summed E-state index contributed by atoms with van der Waals surface area (Å²) in [6.07, 6.45) is 5.39. The van der Waals surface area contributed by atoms with Crippen molar-refractivity contribution in [2.45, 2.75) is 13.8 Å². The molecule has 0 aliphatic carbocycles. The molecule has 0 saturated carbocycles. The summed E-state index contributed by atoms with van der Waals surface area (Å²) in [4.78, 5) is 17.0. The number of amides is 1. The average molecular weight is 353 g/mol. The fourth-order valence-electron chi connectivity index (χ4n) is 2.71. The van der Waals surface area contributed by atoms with Gasteiger partial charge in [-0.25, -0.2) is 4.98 Å². The lowest BCUT2D eigenvalue weighted by molar-refractivity contribution is 0.102. The van der Waals surface area contributed by atoms with Crippen molar-refractivity contribution in [3.05, 3.63) is 47.1 Å². The van der Waals surface area contributed by atoms with E-state index in [-0.39, 0.29) is 5.91 Å². The minimum Gasteiger partial charge on any atom is -0.298 e. The molecule has 0 aromatic carbocycles. The highest BCUT2D eigenvalue weighted by Crippen LogP contribution is 2.25. The molecule has 4 heterocycles. The molecule has 0 fully saturated rings. The Bertz CT molecular complexity index is 1090. The molecule has 0 bridgehead atoms. The smallest absolute Gasteiger partial charge is 0.261 e. The van der Waals surface area contributed by atoms with Crippen molar-refractivity contribution in [2.75, 3.05) is 5.32 Å². The van der Waals surface area contributed by atoms with Gasteiger partial charge in [-0.1, -0.05) is 0 Å². The summed E-state index contributed by atoms with van der Waals surface area (Å²) in [5, 5.41) is 17.6. The Labute approximate surface area is 147 Å². The van der Waals surface area contributed by atoms with E-state index in [1.165, 1.54) is 11.3 Å². The predicted octanol–water partition coefficient (Wildman–Crippen LogP) is 2.46. The molecule has 4 rings (SSSR count). The third-order valence-electron chi connectivity index (χ3n) is 3.80. The molecule has 126 valence electrons. The quantitative estimate of drug-likeness (QED) is 0.611. The summed E-state index contributed by atoms with van der Waals surface area (Å²) in [5.41, 5.74) is 4.52. The minimum absolute atomic E-state index is 0.268. The highest BCUT2D eigenvalue weighted by atomic mass is 32.1. The van der Waals surface area contributed by atoms with Crippen molar-refractivity contribution in [2.24, 2.45) is 7.05 Å². The Morgan fingerprint density at radius 3 is 2.80 bits per heavy atom. The SMILES string of the molecule is Cc1csc(NC(=O)c2cc(-c3cn(C)nc3C)cn3cnnc23)n1. The number of carbonyl (C=O) groups excluding carboxylic acids is 1. The van der Waals surface area contributed by atoms with Crippen LogP contribution in [0.4, 0.5) is 5.13 Å². The molecule has 1 amide bonds. The standard InChI is InChI=1S/C16H15N7OS/c1-9-7-25-16(18-9)19-15(24)12-4-11(5-23-8-17-20-14(12)23)13-6-22(3)21-10(13)2/h4-8H,1-3H3,(H,18,19,24). The lowest BCUT2D eigenvalue weighted by Crippen LogP contribution is -2.13. The van der Waals surface area contributed by atoms with Gasteiger partial charge < -0.3 is 0 Å². The molecule has 8 nitrogen and oxygen atoms in total. The number of aryl methyl sites for hydroxylation is 3. The summed E-state index contributed by atoms with van der Waals surface area (Å²) in [6.45, 7) is 3.82. The number of thiazole rings is 1. The number of hydrogen-bond donors (Lipinski definition) is 1. The zero-order valence-corrected chi connectivity index (χ0v) is 14.7. The molecule has 0 saturated heterocycles. The Morgan fingerprint density at radius 2 is 2.12 bits per heavy atom. The molecule has 0 aliphatic heterocycles. The zero-order chi connectivity index (χ0) is 17.6. The third kappa shape index (κ3) is 2.78. The fraction of sp³-hybridized carbons (Fsp3) is 0.188. The van der Waals surface area contributed by atoms with E-state index in [1.807, 2.05) is 44.7 Å². The van der Waals surface area contributed by atoms with Crippen LogP contribution in [0.25, 0.3) is 16.8 Å². The van der Waals surface area contributed by atoms with Crippen molar-refractivity contribution >= 4 is 28.0 Å². The summed E-state index contributed by atoms with van der Waals surface area (Å²) >= 11 is 1.39. The molecular formula is C16H15N7OS. The van der Waals surface area contributed by atoms with E-state index >= 15 is 0 Å². The minimum atomic E-state index is -0.268. The molecule has 9 heteroatoms. The number of nitrogens with one attached hydrogen (secondary N) is 1. The van der Waals surface area contributed by atoms with Gasteiger partial charge in [0.2, 0.25) is 0 Å². The first kappa shape index (κ1) is 15.5. The largest absolute Gasteiger partial charge is 0.298 e. The third-order valence-corrected chi connectivity index (χ3v) is 4.68. The van der Waals surface area contributed by atoms with Crippen molar-refractivity contribution in [1.82, 2.24) is 29.4 Å². The fourth-order valence-corrected chi connectivity index (χ4v) is 3.39. The summed E-state index contributed by atoms with van der Waals surface area (Å²) in [5.74, 6) is -0.268. The van der Waals surface area contributed by atoms with Crippen molar-refractivity contribution in [3.63, 3.8) is 0 Å². The van der Waals surface area contributed by atoms with E-state index in [2.05, 4.69) is 25.6 Å². The number of aromatic nitrogens is 6. The molecule has 4 aromatic heterocycles. The van der Waals surface area contributed by atoms with Gasteiger partial charge in [-0.05, 0) is 19.9 Å². The summed E-state index contributed by atoms with van der Waals surface area (Å²) in [7, 11) is 1.87. The van der Waals surface area contributed by atoms with Gasteiger partial charge in [0.1, 0.15) is 6.33 Å². The summed E-state index contributed by atoms with van der Waals surface area (Å²) < 4.78 is 3.49. The maximum absolute atomic E-state index is 12.8. The predicted molar refractivity (Wildman–Crippen MR) is 94.7 cm³/mol. The van der Waals surface area contributed by atoms with Crippen LogP contribution in [0.2, 0.25) is 0 Å². The molecule has 4 aromatic rings. The van der Waals surface area contributed by atoms with Crippen LogP contribution in [0.3, 0.4) is 0 Å². The lowest BCUT2D eigenvalue weighted by Gasteiger charge is -2.07. The molecule has 25 heavy (non-hydrogen) atoms. The van der Waals surface area contributed by atoms with Gasteiger partial charge in [-0.2, -0.15) is 5.10 Å². The molecule has 0 radical (unpaired) electrons. The molecule has 0 unspecified atom stereocenters. The first-order chi connectivity index (χ1) is 12.0. The van der Waals surface area contributed by atoms with Crippen LogP contribution in [0.1, 0.15) is 21.7 Å². The molecule has 0 atom stereocenters. The van der Waals surface area contributed by atoms with E-state index in [1.54, 1.807) is 15.4 Å². The van der Waals surface area contributed by atoms with Gasteiger partial charge in [0.15, 0.2) is 10.8 Å². The van der Waals surface area contributed by atoms with Crippen molar-refractivity contribution < 1.29 is 4.79 Å². The highest BCUT2D eigenvalue weighted by molar-refractivity contribution is 7.13. The normalized spacial score (nSPS) is 11.2. The number of anilines is 1. The van der Waals surface area contributed by atoms with Gasteiger partial charge in [0.05, 0.1) is 17.0 Å². The molecule has 0 aliphatic rings. The van der Waals surface area contributed by atoms with Gasteiger partial charge >= 0.3 is 0 Å². The Balaban J connectivity index is 1.81. The van der Waals surface area contributed by atoms with Crippen LogP contribution in [0, 0.1) is 13.8 Å². The number of pyridine rings is 1. The topological polar surface area (TPSA) is 90.0 Å². The summed E-state index contributed by atoms with van der Waals surface area (Å²) in [6, 6.07) is 1.81. The maximum atomic E-state index is 12.8. The van der Waals surface area contributed by atoms with E-state index in [9.17, 15) is 4.79 Å². The Hall–Kier alpha value is -3.07. The number of fused-ring (bicyclic) bond motifs is 1. The first-order valence-electron chi connectivity index (χ1n) is 7.59. The van der Waals surface area contributed by atoms with Crippen LogP contribution in [0.15, 0.2) is 30.2 Å². The van der Waals surface area contributed by atoms with Gasteiger partial charge in [0.25, 0.3) is 5.91 Å². The number of carbonyl (C=O) groups is 1. The number of nitrogens with zero attached hydrogens (tertiary/aromatic N) is 6. The molecule has 0 spiro atoms. The van der Waals surface area contributed by atoms with E-state index in [0.29, 0.717) is 16.3 Å². The van der Waals surface area contributed by atoms with Crippen LogP contribution < -0.4 is 5.32 Å². The van der Waals surface area contributed by atoms with Crippen molar-refractivity contribution in [3.8, 4) is 11.1 Å². The maximum Gasteiger partial charge on any atom is 0.261 e. The number of rotatable bonds is 3. The monoisotopic (exact) mass is 353 g/mol. The Morgan fingerprint density at radius 1 is 1.28 bits per heavy atom. The highest BCUT2D eigenvalue weighted by Gasteiger charge is 2.17. The van der Waals surface area contributed by atoms with E-state index in [4.69, 9.17) is 0 Å². The van der Waals surface area contributed by atoms with Gasteiger partial charge in [-0.15, -0.1) is 21.5 Å². The average Bonchev–Trinajstić information content (AvgIpc) is 3.26. The zero-order valence-electron chi connectivity index (χ0n) is 13.9. The molecular weight excluding hydrogens is 338 g/mol. The Kier molecular flexibility index (Phi) is 3.57.